The van der Waals surface area contributed by atoms with Gasteiger partial charge in [-0.1, -0.05) is 0 Å². The second-order valence-electron chi connectivity index (χ2n) is 4.04. The first-order valence-electron chi connectivity index (χ1n) is 6.17. The first-order chi connectivity index (χ1) is 8.76. The molecule has 19 heavy (non-hydrogen) atoms. The van der Waals surface area contributed by atoms with Crippen LogP contribution in [0.3, 0.4) is 0 Å². The van der Waals surface area contributed by atoms with E-state index in [2.05, 4.69) is 33.2 Å². The molecule has 5 nitrogen and oxygen atoms in total. The number of hydrogen-bond acceptors (Lipinski definition) is 3. The summed E-state index contributed by atoms with van der Waals surface area (Å²) in [6, 6.07) is 0. The highest BCUT2D eigenvalue weighted by atomic mass is 127. The zero-order chi connectivity index (χ0) is 13.2. The molecule has 110 valence electrons. The first-order valence-corrected chi connectivity index (χ1v) is 7.56. The van der Waals surface area contributed by atoms with Gasteiger partial charge in [0.15, 0.2) is 5.96 Å². The molecule has 0 aliphatic carbocycles. The van der Waals surface area contributed by atoms with Crippen LogP contribution in [-0.4, -0.2) is 47.9 Å². The van der Waals surface area contributed by atoms with Crippen molar-refractivity contribution in [2.45, 2.75) is 12.8 Å². The van der Waals surface area contributed by atoms with Crippen molar-refractivity contribution in [1.29, 1.82) is 0 Å². The highest BCUT2D eigenvalue weighted by Crippen LogP contribution is 1.99. The van der Waals surface area contributed by atoms with Gasteiger partial charge in [0.05, 0.1) is 6.20 Å². The summed E-state index contributed by atoms with van der Waals surface area (Å²) in [6.07, 6.45) is 8.21. The minimum atomic E-state index is 0. The van der Waals surface area contributed by atoms with Crippen LogP contribution >= 0.6 is 35.7 Å². The van der Waals surface area contributed by atoms with Crippen LogP contribution in [0, 0.1) is 0 Å². The molecule has 1 aromatic rings. The van der Waals surface area contributed by atoms with E-state index in [1.165, 1.54) is 5.56 Å². The van der Waals surface area contributed by atoms with Crippen molar-refractivity contribution in [1.82, 2.24) is 20.4 Å². The van der Waals surface area contributed by atoms with Gasteiger partial charge in [-0.2, -0.15) is 16.9 Å². The van der Waals surface area contributed by atoms with E-state index < -0.39 is 0 Å². The Bertz CT molecular complexity index is 367. The topological polar surface area (TPSA) is 54.2 Å². The van der Waals surface area contributed by atoms with Gasteiger partial charge in [0.25, 0.3) is 0 Å². The second kappa shape index (κ2) is 11.4. The lowest BCUT2D eigenvalue weighted by molar-refractivity contribution is 0.745. The molecule has 0 aliphatic heterocycles. The Morgan fingerprint density at radius 3 is 2.74 bits per heavy atom. The van der Waals surface area contributed by atoms with Gasteiger partial charge in [-0.05, 0) is 24.7 Å². The maximum Gasteiger partial charge on any atom is 0.191 e. The van der Waals surface area contributed by atoms with Crippen molar-refractivity contribution in [3.05, 3.63) is 18.0 Å². The van der Waals surface area contributed by atoms with Crippen LogP contribution in [0.4, 0.5) is 0 Å². The van der Waals surface area contributed by atoms with E-state index in [1.807, 2.05) is 29.7 Å². The molecule has 0 aliphatic rings. The van der Waals surface area contributed by atoms with Gasteiger partial charge in [0.1, 0.15) is 0 Å². The van der Waals surface area contributed by atoms with Crippen LogP contribution < -0.4 is 10.6 Å². The number of nitrogens with zero attached hydrogens (tertiary/aromatic N) is 3. The molecule has 0 saturated carbocycles. The first kappa shape index (κ1) is 18.6. The molecule has 0 spiro atoms. The number of hydrogen-bond donors (Lipinski definition) is 2. The summed E-state index contributed by atoms with van der Waals surface area (Å²) < 4.78 is 1.84. The number of aryl methyl sites for hydroxylation is 2. The number of aromatic nitrogens is 2. The third-order valence-corrected chi connectivity index (χ3v) is 3.13. The number of guanidine groups is 1. The standard InChI is InChI=1S/C12H23N5S.HI/c1-13-12(15-7-8-18-3)14-6-4-5-11-9-16-17(2)10-11;/h9-10H,4-8H2,1-3H3,(H2,13,14,15);1H. The Labute approximate surface area is 137 Å². The van der Waals surface area contributed by atoms with Crippen molar-refractivity contribution in [2.75, 3.05) is 32.1 Å². The Morgan fingerprint density at radius 2 is 2.16 bits per heavy atom. The van der Waals surface area contributed by atoms with Crippen molar-refractivity contribution in [2.24, 2.45) is 12.0 Å². The zero-order valence-electron chi connectivity index (χ0n) is 11.8. The largest absolute Gasteiger partial charge is 0.356 e. The number of rotatable bonds is 7. The quantitative estimate of drug-likeness (QED) is 0.317. The maximum atomic E-state index is 4.18. The Balaban J connectivity index is 0.00000324. The van der Waals surface area contributed by atoms with E-state index in [9.17, 15) is 0 Å². The predicted octanol–water partition coefficient (Wildman–Crippen LogP) is 1.50. The van der Waals surface area contributed by atoms with Gasteiger partial charge in [-0.25, -0.2) is 0 Å². The summed E-state index contributed by atoms with van der Waals surface area (Å²) in [5.74, 6) is 1.98. The maximum absolute atomic E-state index is 4.18. The van der Waals surface area contributed by atoms with Gasteiger partial charge in [0, 0.05) is 39.1 Å². The van der Waals surface area contributed by atoms with Crippen molar-refractivity contribution < 1.29 is 0 Å². The van der Waals surface area contributed by atoms with E-state index in [-0.39, 0.29) is 24.0 Å². The second-order valence-corrected chi connectivity index (χ2v) is 5.03. The molecular weight excluding hydrogens is 373 g/mol. The van der Waals surface area contributed by atoms with E-state index >= 15 is 0 Å². The van der Waals surface area contributed by atoms with Gasteiger partial charge >= 0.3 is 0 Å². The fourth-order valence-electron chi connectivity index (χ4n) is 1.59. The van der Waals surface area contributed by atoms with Crippen LogP contribution in [0.5, 0.6) is 0 Å². The van der Waals surface area contributed by atoms with Crippen LogP contribution in [-0.2, 0) is 13.5 Å². The summed E-state index contributed by atoms with van der Waals surface area (Å²) in [6.45, 7) is 1.87. The SMILES string of the molecule is CN=C(NCCCc1cnn(C)c1)NCCSC.I. The van der Waals surface area contributed by atoms with E-state index in [1.54, 1.807) is 7.05 Å². The number of halogens is 1. The lowest BCUT2D eigenvalue weighted by Gasteiger charge is -2.10. The van der Waals surface area contributed by atoms with Crippen LogP contribution in [0.25, 0.3) is 0 Å². The highest BCUT2D eigenvalue weighted by Gasteiger charge is 1.98. The van der Waals surface area contributed by atoms with E-state index in [0.29, 0.717) is 0 Å². The number of aliphatic imine (C=N–C) groups is 1. The molecule has 0 fully saturated rings. The molecule has 0 atom stereocenters. The lowest BCUT2D eigenvalue weighted by Crippen LogP contribution is -2.38. The molecule has 1 rings (SSSR count). The van der Waals surface area contributed by atoms with Crippen molar-refractivity contribution in [3.8, 4) is 0 Å². The summed E-state index contributed by atoms with van der Waals surface area (Å²) in [5, 5.41) is 10.7. The molecule has 0 saturated heterocycles. The summed E-state index contributed by atoms with van der Waals surface area (Å²) in [7, 11) is 3.74. The van der Waals surface area contributed by atoms with E-state index in [0.717, 1.165) is 37.6 Å². The molecule has 0 unspecified atom stereocenters. The number of thioether (sulfide) groups is 1. The van der Waals surface area contributed by atoms with Gasteiger partial charge in [-0.3, -0.25) is 9.67 Å². The highest BCUT2D eigenvalue weighted by molar-refractivity contribution is 14.0. The number of nitrogens with one attached hydrogen (secondary N) is 2. The fraction of sp³-hybridized carbons (Fsp3) is 0.667. The van der Waals surface area contributed by atoms with E-state index in [4.69, 9.17) is 0 Å². The molecule has 0 radical (unpaired) electrons. The van der Waals surface area contributed by atoms with Crippen LogP contribution in [0.15, 0.2) is 17.4 Å². The average Bonchev–Trinajstić information content (AvgIpc) is 2.78. The average molecular weight is 397 g/mol. The molecule has 0 amide bonds. The lowest BCUT2D eigenvalue weighted by atomic mass is 10.2. The molecule has 1 aromatic heterocycles. The summed E-state index contributed by atoms with van der Waals surface area (Å²) in [4.78, 5) is 4.18. The van der Waals surface area contributed by atoms with Gasteiger partial charge < -0.3 is 10.6 Å². The normalized spacial score (nSPS) is 11.0. The fourth-order valence-corrected chi connectivity index (χ4v) is 1.90. The zero-order valence-corrected chi connectivity index (χ0v) is 15.0. The smallest absolute Gasteiger partial charge is 0.191 e. The molecule has 2 N–H and O–H groups in total. The van der Waals surface area contributed by atoms with Crippen LogP contribution in [0.1, 0.15) is 12.0 Å². The third-order valence-electron chi connectivity index (χ3n) is 2.52. The van der Waals surface area contributed by atoms with Gasteiger partial charge in [0.2, 0.25) is 0 Å². The minimum Gasteiger partial charge on any atom is -0.356 e. The Kier molecular flexibility index (Phi) is 11.1. The summed E-state index contributed by atoms with van der Waals surface area (Å²) in [5.41, 5.74) is 1.28. The van der Waals surface area contributed by atoms with Crippen molar-refractivity contribution in [3.63, 3.8) is 0 Å². The Morgan fingerprint density at radius 1 is 1.42 bits per heavy atom. The molecule has 0 bridgehead atoms. The molecule has 0 aromatic carbocycles. The van der Waals surface area contributed by atoms with Crippen molar-refractivity contribution >= 4 is 41.7 Å². The Hall–Kier alpha value is -0.440. The summed E-state index contributed by atoms with van der Waals surface area (Å²) >= 11 is 1.83. The third kappa shape index (κ3) is 8.35. The van der Waals surface area contributed by atoms with Gasteiger partial charge in [-0.15, -0.1) is 24.0 Å². The molecule has 1 heterocycles. The molecule has 7 heteroatoms. The monoisotopic (exact) mass is 397 g/mol. The van der Waals surface area contributed by atoms with Crippen LogP contribution in [0.2, 0.25) is 0 Å². The minimum absolute atomic E-state index is 0. The molecular formula is C12H24IN5S. The predicted molar refractivity (Wildman–Crippen MR) is 94.7 cm³/mol.